The number of ether oxygens (including phenoxy) is 2. The van der Waals surface area contributed by atoms with E-state index in [1.165, 1.54) is 38.5 Å². The SMILES string of the molecule is COc1cc(CCNC(=O)c2cc(C)cc(C(=O)O)c2)c([N+](=O)[O-])cc1OC. The van der Waals surface area contributed by atoms with Gasteiger partial charge in [-0.3, -0.25) is 14.9 Å². The number of amides is 1. The molecule has 0 atom stereocenters. The molecule has 2 aromatic carbocycles. The van der Waals surface area contributed by atoms with Crippen LogP contribution in [-0.2, 0) is 6.42 Å². The molecule has 0 aliphatic carbocycles. The van der Waals surface area contributed by atoms with Gasteiger partial charge in [-0.15, -0.1) is 0 Å². The standard InChI is InChI=1S/C19H20N2O7/c1-11-6-13(8-14(7-11)19(23)24)18(22)20-5-4-12-9-16(27-2)17(28-3)10-15(12)21(25)26/h6-10H,4-5H2,1-3H3,(H,20,22)(H,23,24). The number of carbonyl (C=O) groups excluding carboxylic acids is 1. The maximum absolute atomic E-state index is 12.3. The third kappa shape index (κ3) is 4.76. The Morgan fingerprint density at radius 3 is 2.25 bits per heavy atom. The molecule has 0 saturated heterocycles. The predicted molar refractivity (Wildman–Crippen MR) is 100 cm³/mol. The van der Waals surface area contributed by atoms with Gasteiger partial charge in [-0.2, -0.15) is 0 Å². The molecule has 0 spiro atoms. The predicted octanol–water partition coefficient (Wildman–Crippen LogP) is 2.59. The third-order valence-corrected chi connectivity index (χ3v) is 4.05. The molecular weight excluding hydrogens is 368 g/mol. The molecule has 0 aromatic heterocycles. The van der Waals surface area contributed by atoms with Crippen molar-refractivity contribution in [1.29, 1.82) is 0 Å². The van der Waals surface area contributed by atoms with E-state index in [4.69, 9.17) is 14.6 Å². The van der Waals surface area contributed by atoms with E-state index in [1.807, 2.05) is 0 Å². The number of carboxylic acids is 1. The first-order valence-electron chi connectivity index (χ1n) is 8.29. The molecule has 2 N–H and O–H groups in total. The molecular formula is C19H20N2O7. The maximum Gasteiger partial charge on any atom is 0.335 e. The zero-order valence-corrected chi connectivity index (χ0v) is 15.6. The number of aryl methyl sites for hydroxylation is 1. The third-order valence-electron chi connectivity index (χ3n) is 4.05. The summed E-state index contributed by atoms with van der Waals surface area (Å²) < 4.78 is 10.2. The van der Waals surface area contributed by atoms with E-state index in [0.29, 0.717) is 16.9 Å². The Labute approximate surface area is 161 Å². The van der Waals surface area contributed by atoms with Gasteiger partial charge in [0.15, 0.2) is 11.5 Å². The van der Waals surface area contributed by atoms with Crippen molar-refractivity contribution in [3.05, 3.63) is 62.7 Å². The monoisotopic (exact) mass is 388 g/mol. The number of carbonyl (C=O) groups is 2. The molecule has 0 aliphatic heterocycles. The van der Waals surface area contributed by atoms with Crippen LogP contribution in [0.3, 0.4) is 0 Å². The van der Waals surface area contributed by atoms with Crippen LogP contribution >= 0.6 is 0 Å². The summed E-state index contributed by atoms with van der Waals surface area (Å²) in [7, 11) is 2.81. The molecule has 0 saturated carbocycles. The summed E-state index contributed by atoms with van der Waals surface area (Å²) >= 11 is 0. The molecule has 148 valence electrons. The molecule has 1 amide bonds. The lowest BCUT2D eigenvalue weighted by atomic mass is 10.1. The van der Waals surface area contributed by atoms with Crippen LogP contribution in [-0.4, -0.2) is 42.7 Å². The molecule has 28 heavy (non-hydrogen) atoms. The van der Waals surface area contributed by atoms with Crippen molar-refractivity contribution in [2.24, 2.45) is 0 Å². The van der Waals surface area contributed by atoms with Gasteiger partial charge < -0.3 is 19.9 Å². The number of carboxylic acid groups (broad SMARTS) is 1. The molecule has 0 radical (unpaired) electrons. The second-order valence-corrected chi connectivity index (χ2v) is 5.99. The van der Waals surface area contributed by atoms with Crippen LogP contribution in [0.4, 0.5) is 5.69 Å². The Hall–Kier alpha value is -3.62. The lowest BCUT2D eigenvalue weighted by molar-refractivity contribution is -0.385. The van der Waals surface area contributed by atoms with Gasteiger partial charge in [-0.1, -0.05) is 0 Å². The highest BCUT2D eigenvalue weighted by molar-refractivity contribution is 5.97. The first-order chi connectivity index (χ1) is 13.3. The van der Waals surface area contributed by atoms with Gasteiger partial charge in [0.2, 0.25) is 0 Å². The molecule has 0 bridgehead atoms. The molecule has 9 heteroatoms. The van der Waals surface area contributed by atoms with Gasteiger partial charge in [0.05, 0.1) is 30.8 Å². The van der Waals surface area contributed by atoms with Crippen LogP contribution < -0.4 is 14.8 Å². The first kappa shape index (κ1) is 20.7. The van der Waals surface area contributed by atoms with Gasteiger partial charge in [0.1, 0.15) is 0 Å². The molecule has 2 aromatic rings. The fourth-order valence-corrected chi connectivity index (χ4v) is 2.73. The fourth-order valence-electron chi connectivity index (χ4n) is 2.73. The van der Waals surface area contributed by atoms with Crippen molar-refractivity contribution >= 4 is 17.6 Å². The van der Waals surface area contributed by atoms with Crippen LogP contribution in [0, 0.1) is 17.0 Å². The van der Waals surface area contributed by atoms with Crippen LogP contribution in [0.2, 0.25) is 0 Å². The number of nitrogens with one attached hydrogen (secondary N) is 1. The van der Waals surface area contributed by atoms with Gasteiger partial charge >= 0.3 is 5.97 Å². The van der Waals surface area contributed by atoms with Crippen LogP contribution in [0.1, 0.15) is 31.8 Å². The number of benzene rings is 2. The Bertz CT molecular complexity index is 925. The Morgan fingerprint density at radius 1 is 1.07 bits per heavy atom. The lowest BCUT2D eigenvalue weighted by Crippen LogP contribution is -2.26. The minimum absolute atomic E-state index is 0.0145. The van der Waals surface area contributed by atoms with Crippen LogP contribution in [0.15, 0.2) is 30.3 Å². The van der Waals surface area contributed by atoms with E-state index in [-0.39, 0.29) is 35.5 Å². The second kappa shape index (κ2) is 8.85. The van der Waals surface area contributed by atoms with Crippen molar-refractivity contribution < 1.29 is 29.1 Å². The van der Waals surface area contributed by atoms with Gasteiger partial charge in [-0.25, -0.2) is 4.79 Å². The van der Waals surface area contributed by atoms with Gasteiger partial charge in [0, 0.05) is 17.7 Å². The van der Waals surface area contributed by atoms with E-state index in [2.05, 4.69) is 5.32 Å². The summed E-state index contributed by atoms with van der Waals surface area (Å²) in [6.45, 7) is 1.81. The van der Waals surface area contributed by atoms with Crippen molar-refractivity contribution in [3.63, 3.8) is 0 Å². The second-order valence-electron chi connectivity index (χ2n) is 5.99. The van der Waals surface area contributed by atoms with Crippen molar-refractivity contribution in [1.82, 2.24) is 5.32 Å². The number of rotatable bonds is 8. The highest BCUT2D eigenvalue weighted by Gasteiger charge is 2.19. The van der Waals surface area contributed by atoms with Crippen molar-refractivity contribution in [2.45, 2.75) is 13.3 Å². The maximum atomic E-state index is 12.3. The number of methoxy groups -OCH3 is 2. The topological polar surface area (TPSA) is 128 Å². The highest BCUT2D eigenvalue weighted by Crippen LogP contribution is 2.34. The zero-order chi connectivity index (χ0) is 20.8. The van der Waals surface area contributed by atoms with E-state index in [9.17, 15) is 19.7 Å². The molecule has 0 heterocycles. The molecule has 0 aliphatic rings. The summed E-state index contributed by atoms with van der Waals surface area (Å²) in [5, 5.41) is 23.1. The lowest BCUT2D eigenvalue weighted by Gasteiger charge is -2.11. The van der Waals surface area contributed by atoms with E-state index in [0.717, 1.165) is 0 Å². The minimum atomic E-state index is -1.13. The van der Waals surface area contributed by atoms with Gasteiger partial charge in [-0.05, 0) is 43.2 Å². The minimum Gasteiger partial charge on any atom is -0.493 e. The Balaban J connectivity index is 2.16. The smallest absolute Gasteiger partial charge is 0.335 e. The summed E-state index contributed by atoms with van der Waals surface area (Å²) in [5.74, 6) is -1.00. The van der Waals surface area contributed by atoms with Crippen LogP contribution in [0.5, 0.6) is 11.5 Å². The summed E-state index contributed by atoms with van der Waals surface area (Å²) in [4.78, 5) is 34.2. The average molecular weight is 388 g/mol. The molecule has 9 nitrogen and oxygen atoms in total. The van der Waals surface area contributed by atoms with E-state index >= 15 is 0 Å². The average Bonchev–Trinajstić information content (AvgIpc) is 2.66. The van der Waals surface area contributed by atoms with Crippen molar-refractivity contribution in [3.8, 4) is 11.5 Å². The summed E-state index contributed by atoms with van der Waals surface area (Å²) in [6, 6.07) is 7.09. The van der Waals surface area contributed by atoms with Crippen LogP contribution in [0.25, 0.3) is 0 Å². The number of hydrogen-bond acceptors (Lipinski definition) is 6. The highest BCUT2D eigenvalue weighted by atomic mass is 16.6. The van der Waals surface area contributed by atoms with Gasteiger partial charge in [0.25, 0.3) is 11.6 Å². The number of nitro groups is 1. The normalized spacial score (nSPS) is 10.2. The summed E-state index contributed by atoms with van der Waals surface area (Å²) in [5.41, 5.74) is 1.09. The Morgan fingerprint density at radius 2 is 1.68 bits per heavy atom. The quantitative estimate of drug-likeness (QED) is 0.525. The fraction of sp³-hybridized carbons (Fsp3) is 0.263. The number of hydrogen-bond donors (Lipinski definition) is 2. The first-order valence-corrected chi connectivity index (χ1v) is 8.29. The number of nitrogens with zero attached hydrogens (tertiary/aromatic N) is 1. The number of nitro benzene ring substituents is 1. The zero-order valence-electron chi connectivity index (χ0n) is 15.6. The molecule has 2 rings (SSSR count). The molecule has 0 fully saturated rings. The molecule has 0 unspecified atom stereocenters. The summed E-state index contributed by atoms with van der Waals surface area (Å²) in [6.07, 6.45) is 0.181. The van der Waals surface area contributed by atoms with E-state index in [1.54, 1.807) is 13.0 Å². The van der Waals surface area contributed by atoms with Crippen molar-refractivity contribution in [2.75, 3.05) is 20.8 Å². The Kier molecular flexibility index (Phi) is 6.54. The largest absolute Gasteiger partial charge is 0.493 e. The number of aromatic carboxylic acids is 1. The van der Waals surface area contributed by atoms with E-state index < -0.39 is 16.8 Å².